The fraction of sp³-hybridized carbons (Fsp3) is 0.700. The maximum Gasteiger partial charge on any atom is 0.245 e. The molecule has 1 aromatic rings. The van der Waals surface area contributed by atoms with Gasteiger partial charge in [0.25, 0.3) is 0 Å². The van der Waals surface area contributed by atoms with E-state index in [0.717, 1.165) is 5.82 Å². The highest BCUT2D eigenvalue weighted by Gasteiger charge is 2.40. The second kappa shape index (κ2) is 4.42. The summed E-state index contributed by atoms with van der Waals surface area (Å²) < 4.78 is 5.18. The topological polar surface area (TPSA) is 97.1 Å². The molecule has 0 aromatic carbocycles. The maximum absolute atomic E-state index is 12.1. The molecule has 7 nitrogen and oxygen atoms in total. The zero-order valence-corrected chi connectivity index (χ0v) is 10.1. The number of rotatable bonds is 3. The van der Waals surface area contributed by atoms with Crippen LogP contribution in [-0.2, 0) is 16.1 Å². The Morgan fingerprint density at radius 2 is 2.47 bits per heavy atom. The number of aryl methyl sites for hydroxylation is 1. The molecule has 1 aromatic heterocycles. The first kappa shape index (κ1) is 12.0. The molecule has 2 rings (SSSR count). The molecular weight excluding hydrogens is 222 g/mol. The number of nitrogens with one attached hydrogen (secondary N) is 1. The molecule has 0 saturated carbocycles. The molecule has 0 bridgehead atoms. The van der Waals surface area contributed by atoms with Crippen LogP contribution in [0, 0.1) is 6.92 Å². The summed E-state index contributed by atoms with van der Waals surface area (Å²) in [5.74, 6) is 1.19. The number of likely N-dealkylation sites (N-methyl/N-ethyl adjacent to an activating group) is 1. The van der Waals surface area contributed by atoms with Gasteiger partial charge in [0.2, 0.25) is 5.91 Å². The van der Waals surface area contributed by atoms with Gasteiger partial charge in [0.15, 0.2) is 5.82 Å². The van der Waals surface area contributed by atoms with Crippen molar-refractivity contribution in [3.05, 3.63) is 11.6 Å². The van der Waals surface area contributed by atoms with Crippen LogP contribution in [0.15, 0.2) is 0 Å². The van der Waals surface area contributed by atoms with Crippen LogP contribution in [0.1, 0.15) is 18.1 Å². The quantitative estimate of drug-likeness (QED) is 0.719. The summed E-state index contributed by atoms with van der Waals surface area (Å²) in [6.07, 6.45) is 0.559. The van der Waals surface area contributed by atoms with E-state index < -0.39 is 5.54 Å². The fourth-order valence-electron chi connectivity index (χ4n) is 1.87. The molecule has 1 saturated heterocycles. The van der Waals surface area contributed by atoms with Gasteiger partial charge >= 0.3 is 0 Å². The van der Waals surface area contributed by atoms with Crippen molar-refractivity contribution in [1.82, 2.24) is 20.1 Å². The average Bonchev–Trinajstić information content (AvgIpc) is 2.88. The minimum absolute atomic E-state index is 0.127. The predicted octanol–water partition coefficient (Wildman–Crippen LogP) is -0.811. The van der Waals surface area contributed by atoms with Crippen LogP contribution in [0.5, 0.6) is 0 Å². The molecule has 0 spiro atoms. The Morgan fingerprint density at radius 3 is 3.00 bits per heavy atom. The van der Waals surface area contributed by atoms with Crippen molar-refractivity contribution in [2.24, 2.45) is 5.73 Å². The molecule has 7 heteroatoms. The van der Waals surface area contributed by atoms with E-state index in [4.69, 9.17) is 10.5 Å². The molecule has 1 fully saturated rings. The molecule has 0 aliphatic carbocycles. The molecule has 2 heterocycles. The maximum atomic E-state index is 12.1. The molecule has 3 N–H and O–H groups in total. The van der Waals surface area contributed by atoms with E-state index in [9.17, 15) is 4.79 Å². The lowest BCUT2D eigenvalue weighted by atomic mass is 9.98. The smallest absolute Gasteiger partial charge is 0.245 e. The van der Waals surface area contributed by atoms with Gasteiger partial charge < -0.3 is 15.4 Å². The summed E-state index contributed by atoms with van der Waals surface area (Å²) in [5.41, 5.74) is 5.11. The Kier molecular flexibility index (Phi) is 3.12. The molecule has 94 valence electrons. The van der Waals surface area contributed by atoms with Crippen LogP contribution in [0.3, 0.4) is 0 Å². The number of nitrogens with zero attached hydrogens (tertiary/aromatic N) is 3. The molecule has 1 aliphatic heterocycles. The zero-order valence-electron chi connectivity index (χ0n) is 10.1. The van der Waals surface area contributed by atoms with E-state index in [0.29, 0.717) is 25.4 Å². The number of nitrogens with two attached hydrogens (primary N) is 1. The third kappa shape index (κ3) is 2.45. The molecule has 17 heavy (non-hydrogen) atoms. The van der Waals surface area contributed by atoms with Gasteiger partial charge in [-0.15, -0.1) is 0 Å². The van der Waals surface area contributed by atoms with Crippen molar-refractivity contribution in [1.29, 1.82) is 0 Å². The molecular formula is C10H17N5O2. The number of aromatic amines is 1. The highest BCUT2D eigenvalue weighted by molar-refractivity contribution is 5.86. The number of amides is 1. The molecule has 0 radical (unpaired) electrons. The SMILES string of the molecule is Cc1nc(CN(C)C(=O)C2(N)CCOC2)n[nH]1. The van der Waals surface area contributed by atoms with Crippen LogP contribution >= 0.6 is 0 Å². The minimum Gasteiger partial charge on any atom is -0.379 e. The van der Waals surface area contributed by atoms with Gasteiger partial charge in [-0.3, -0.25) is 9.89 Å². The standard InChI is InChI=1S/C10H17N5O2/c1-7-12-8(14-13-7)5-15(2)9(16)10(11)3-4-17-6-10/h3-6,11H2,1-2H3,(H,12,13,14). The van der Waals surface area contributed by atoms with E-state index in [1.807, 2.05) is 6.92 Å². The van der Waals surface area contributed by atoms with Crippen LogP contribution in [0.2, 0.25) is 0 Å². The van der Waals surface area contributed by atoms with E-state index >= 15 is 0 Å². The van der Waals surface area contributed by atoms with Gasteiger partial charge in [0, 0.05) is 13.7 Å². The second-order valence-electron chi connectivity index (χ2n) is 4.46. The van der Waals surface area contributed by atoms with Gasteiger partial charge in [0.05, 0.1) is 13.2 Å². The van der Waals surface area contributed by atoms with E-state index in [1.54, 1.807) is 7.05 Å². The lowest BCUT2D eigenvalue weighted by Gasteiger charge is -2.26. The van der Waals surface area contributed by atoms with Crippen LogP contribution < -0.4 is 5.73 Å². The summed E-state index contributed by atoms with van der Waals surface area (Å²) in [5, 5.41) is 6.72. The molecule has 1 atom stereocenters. The number of hydrogen-bond donors (Lipinski definition) is 2. The van der Waals surface area contributed by atoms with Crippen LogP contribution in [0.4, 0.5) is 0 Å². The van der Waals surface area contributed by atoms with Crippen molar-refractivity contribution in [2.45, 2.75) is 25.4 Å². The van der Waals surface area contributed by atoms with E-state index in [1.165, 1.54) is 4.90 Å². The highest BCUT2D eigenvalue weighted by Crippen LogP contribution is 2.18. The van der Waals surface area contributed by atoms with Gasteiger partial charge in [0.1, 0.15) is 11.4 Å². The Balaban J connectivity index is 2.00. The minimum atomic E-state index is -0.889. The average molecular weight is 239 g/mol. The van der Waals surface area contributed by atoms with Crippen molar-refractivity contribution >= 4 is 5.91 Å². The summed E-state index contributed by atoms with van der Waals surface area (Å²) in [4.78, 5) is 17.8. The first-order chi connectivity index (χ1) is 8.01. The van der Waals surface area contributed by atoms with Gasteiger partial charge in [-0.25, -0.2) is 4.98 Å². The van der Waals surface area contributed by atoms with Crippen molar-refractivity contribution in [3.63, 3.8) is 0 Å². The van der Waals surface area contributed by atoms with E-state index in [2.05, 4.69) is 15.2 Å². The van der Waals surface area contributed by atoms with Crippen LogP contribution in [-0.4, -0.2) is 51.8 Å². The summed E-state index contributed by atoms with van der Waals surface area (Å²) in [7, 11) is 1.70. The lowest BCUT2D eigenvalue weighted by Crippen LogP contribution is -2.54. The largest absolute Gasteiger partial charge is 0.379 e. The monoisotopic (exact) mass is 239 g/mol. The van der Waals surface area contributed by atoms with Crippen molar-refractivity contribution in [2.75, 3.05) is 20.3 Å². The third-order valence-corrected chi connectivity index (χ3v) is 2.85. The van der Waals surface area contributed by atoms with Gasteiger partial charge in [-0.1, -0.05) is 0 Å². The Hall–Kier alpha value is -1.47. The van der Waals surface area contributed by atoms with E-state index in [-0.39, 0.29) is 12.5 Å². The van der Waals surface area contributed by atoms with Gasteiger partial charge in [-0.05, 0) is 13.3 Å². The number of hydrogen-bond acceptors (Lipinski definition) is 5. The first-order valence-electron chi connectivity index (χ1n) is 5.51. The highest BCUT2D eigenvalue weighted by atomic mass is 16.5. The summed E-state index contributed by atoms with van der Waals surface area (Å²) >= 11 is 0. The molecule has 1 unspecified atom stereocenters. The fourth-order valence-corrected chi connectivity index (χ4v) is 1.87. The van der Waals surface area contributed by atoms with Gasteiger partial charge in [-0.2, -0.15) is 5.10 Å². The van der Waals surface area contributed by atoms with Crippen molar-refractivity contribution in [3.8, 4) is 0 Å². The Labute approximate surface area is 99.3 Å². The molecule has 1 amide bonds. The third-order valence-electron chi connectivity index (χ3n) is 2.85. The number of carbonyl (C=O) groups excluding carboxylic acids is 1. The first-order valence-corrected chi connectivity index (χ1v) is 5.51. The number of H-pyrrole nitrogens is 1. The second-order valence-corrected chi connectivity index (χ2v) is 4.46. The summed E-state index contributed by atoms with van der Waals surface area (Å²) in [6.45, 7) is 2.98. The summed E-state index contributed by atoms with van der Waals surface area (Å²) in [6, 6.07) is 0. The number of carbonyl (C=O) groups is 1. The lowest BCUT2D eigenvalue weighted by molar-refractivity contribution is -0.136. The number of ether oxygens (including phenoxy) is 1. The molecule has 1 aliphatic rings. The Morgan fingerprint density at radius 1 is 1.71 bits per heavy atom. The Bertz CT molecular complexity index is 411. The van der Waals surface area contributed by atoms with Crippen molar-refractivity contribution < 1.29 is 9.53 Å². The normalized spacial score (nSPS) is 23.9. The number of aromatic nitrogens is 3. The zero-order chi connectivity index (χ0) is 12.5. The predicted molar refractivity (Wildman–Crippen MR) is 59.9 cm³/mol. The van der Waals surface area contributed by atoms with Crippen LogP contribution in [0.25, 0.3) is 0 Å².